The molecule has 0 spiro atoms. The second-order valence-corrected chi connectivity index (χ2v) is 3.66. The molecule has 0 aliphatic rings. The molecule has 0 unspecified atom stereocenters. The van der Waals surface area contributed by atoms with Gasteiger partial charge in [-0.15, -0.1) is 0 Å². The lowest BCUT2D eigenvalue weighted by Crippen LogP contribution is -2.41. The third kappa shape index (κ3) is 3.18. The summed E-state index contributed by atoms with van der Waals surface area (Å²) in [6, 6.07) is 0.442. The van der Waals surface area contributed by atoms with Crippen LogP contribution in [-0.4, -0.2) is 26.8 Å². The molecule has 1 N–H and O–H groups in total. The largest absolute Gasteiger partial charge is 0.383 e. The molecule has 0 saturated carbocycles. The molecule has 0 amide bonds. The van der Waals surface area contributed by atoms with Crippen molar-refractivity contribution in [3.05, 3.63) is 0 Å². The predicted octanol–water partition coefficient (Wildman–Crippen LogP) is 1.27. The molecule has 62 valence electrons. The summed E-state index contributed by atoms with van der Waals surface area (Å²) in [5.74, 6) is 0. The standard InChI is InChI=1S/C8H19NO/c1-8(2,3)7(9-4)6-10-5/h7,9H,6H2,1-5H3/t7-/m1/s1. The Morgan fingerprint density at radius 2 is 1.90 bits per heavy atom. The van der Waals surface area contributed by atoms with Gasteiger partial charge in [-0.25, -0.2) is 0 Å². The van der Waals surface area contributed by atoms with Gasteiger partial charge in [0.25, 0.3) is 0 Å². The van der Waals surface area contributed by atoms with Crippen molar-refractivity contribution in [3.63, 3.8) is 0 Å². The van der Waals surface area contributed by atoms with Crippen molar-refractivity contribution >= 4 is 0 Å². The predicted molar refractivity (Wildman–Crippen MR) is 44.2 cm³/mol. The minimum Gasteiger partial charge on any atom is -0.383 e. The Labute approximate surface area is 64.0 Å². The highest BCUT2D eigenvalue weighted by Gasteiger charge is 2.22. The van der Waals surface area contributed by atoms with Crippen LogP contribution in [0.4, 0.5) is 0 Å². The lowest BCUT2D eigenvalue weighted by atomic mass is 9.87. The minimum absolute atomic E-state index is 0.282. The van der Waals surface area contributed by atoms with Gasteiger partial charge in [0, 0.05) is 13.2 Å². The molecule has 0 rings (SSSR count). The van der Waals surface area contributed by atoms with Crippen LogP contribution in [0.25, 0.3) is 0 Å². The van der Waals surface area contributed by atoms with Gasteiger partial charge in [-0.05, 0) is 12.5 Å². The Morgan fingerprint density at radius 3 is 2.00 bits per heavy atom. The SMILES string of the molecule is CN[C@H](COC)C(C)(C)C. The van der Waals surface area contributed by atoms with E-state index >= 15 is 0 Å². The Kier molecular flexibility index (Phi) is 3.91. The van der Waals surface area contributed by atoms with Crippen LogP contribution in [-0.2, 0) is 4.74 Å². The summed E-state index contributed by atoms with van der Waals surface area (Å²) in [6.45, 7) is 7.38. The average molecular weight is 145 g/mol. The zero-order chi connectivity index (χ0) is 8.20. The molecule has 0 saturated heterocycles. The molecule has 0 radical (unpaired) electrons. The van der Waals surface area contributed by atoms with Crippen molar-refractivity contribution in [2.45, 2.75) is 26.8 Å². The molecule has 2 heteroatoms. The van der Waals surface area contributed by atoms with Gasteiger partial charge < -0.3 is 10.1 Å². The highest BCUT2D eigenvalue weighted by molar-refractivity contribution is 4.78. The maximum atomic E-state index is 5.06. The van der Waals surface area contributed by atoms with Crippen LogP contribution in [0.2, 0.25) is 0 Å². The molecule has 1 atom stereocenters. The molecular formula is C8H19NO. The third-order valence-electron chi connectivity index (χ3n) is 1.73. The molecule has 0 fully saturated rings. The Bertz CT molecular complexity index is 85.7. The number of hydrogen-bond acceptors (Lipinski definition) is 2. The smallest absolute Gasteiger partial charge is 0.0620 e. The summed E-state index contributed by atoms with van der Waals surface area (Å²) >= 11 is 0. The van der Waals surface area contributed by atoms with Crippen LogP contribution in [0.15, 0.2) is 0 Å². The molecular weight excluding hydrogens is 126 g/mol. The van der Waals surface area contributed by atoms with E-state index in [1.807, 2.05) is 7.05 Å². The van der Waals surface area contributed by atoms with E-state index in [2.05, 4.69) is 26.1 Å². The van der Waals surface area contributed by atoms with Crippen LogP contribution >= 0.6 is 0 Å². The van der Waals surface area contributed by atoms with Gasteiger partial charge in [-0.3, -0.25) is 0 Å². The Morgan fingerprint density at radius 1 is 1.40 bits per heavy atom. The normalized spacial score (nSPS) is 15.3. The first-order valence-corrected chi connectivity index (χ1v) is 3.68. The quantitative estimate of drug-likeness (QED) is 0.645. The van der Waals surface area contributed by atoms with Crippen molar-refractivity contribution < 1.29 is 4.74 Å². The number of nitrogens with one attached hydrogen (secondary N) is 1. The second-order valence-electron chi connectivity index (χ2n) is 3.66. The fourth-order valence-corrected chi connectivity index (χ4v) is 0.933. The second kappa shape index (κ2) is 3.94. The zero-order valence-electron chi connectivity index (χ0n) is 7.69. The third-order valence-corrected chi connectivity index (χ3v) is 1.73. The minimum atomic E-state index is 0.282. The van der Waals surface area contributed by atoms with Gasteiger partial charge in [0.2, 0.25) is 0 Å². The van der Waals surface area contributed by atoms with E-state index in [4.69, 9.17) is 4.74 Å². The molecule has 0 aliphatic heterocycles. The fourth-order valence-electron chi connectivity index (χ4n) is 0.933. The Balaban J connectivity index is 3.81. The number of ether oxygens (including phenoxy) is 1. The molecule has 0 heterocycles. The first-order chi connectivity index (χ1) is 4.52. The van der Waals surface area contributed by atoms with Crippen LogP contribution in [0.1, 0.15) is 20.8 Å². The van der Waals surface area contributed by atoms with E-state index in [1.165, 1.54) is 0 Å². The van der Waals surface area contributed by atoms with Crippen molar-refractivity contribution in [1.82, 2.24) is 5.32 Å². The molecule has 0 aromatic carbocycles. The zero-order valence-corrected chi connectivity index (χ0v) is 7.69. The highest BCUT2D eigenvalue weighted by atomic mass is 16.5. The van der Waals surface area contributed by atoms with Crippen LogP contribution in [0, 0.1) is 5.41 Å². The van der Waals surface area contributed by atoms with E-state index < -0.39 is 0 Å². The first-order valence-electron chi connectivity index (χ1n) is 3.68. The van der Waals surface area contributed by atoms with Crippen molar-refractivity contribution in [3.8, 4) is 0 Å². The van der Waals surface area contributed by atoms with E-state index in [0.717, 1.165) is 6.61 Å². The molecule has 0 bridgehead atoms. The molecule has 10 heavy (non-hydrogen) atoms. The van der Waals surface area contributed by atoms with E-state index in [1.54, 1.807) is 7.11 Å². The van der Waals surface area contributed by atoms with Gasteiger partial charge in [0.05, 0.1) is 6.61 Å². The van der Waals surface area contributed by atoms with Gasteiger partial charge in [-0.2, -0.15) is 0 Å². The highest BCUT2D eigenvalue weighted by Crippen LogP contribution is 2.18. The summed E-state index contributed by atoms with van der Waals surface area (Å²) in [4.78, 5) is 0. The van der Waals surface area contributed by atoms with Crippen molar-refractivity contribution in [1.29, 1.82) is 0 Å². The van der Waals surface area contributed by atoms with Crippen molar-refractivity contribution in [2.24, 2.45) is 5.41 Å². The summed E-state index contributed by atoms with van der Waals surface area (Å²) in [7, 11) is 3.70. The lowest BCUT2D eigenvalue weighted by Gasteiger charge is -2.29. The number of likely N-dealkylation sites (N-methyl/N-ethyl adjacent to an activating group) is 1. The summed E-state index contributed by atoms with van der Waals surface area (Å²) in [5, 5.41) is 3.22. The van der Waals surface area contributed by atoms with Crippen LogP contribution < -0.4 is 5.32 Å². The fraction of sp³-hybridized carbons (Fsp3) is 1.00. The summed E-state index contributed by atoms with van der Waals surface area (Å²) in [5.41, 5.74) is 0.282. The molecule has 0 aromatic heterocycles. The van der Waals surface area contributed by atoms with Gasteiger partial charge in [-0.1, -0.05) is 20.8 Å². The molecule has 0 aliphatic carbocycles. The number of rotatable bonds is 3. The summed E-state index contributed by atoms with van der Waals surface area (Å²) in [6.07, 6.45) is 0. The maximum absolute atomic E-state index is 5.06. The monoisotopic (exact) mass is 145 g/mol. The lowest BCUT2D eigenvalue weighted by molar-refractivity contribution is 0.119. The average Bonchev–Trinajstić information content (AvgIpc) is 1.80. The van der Waals surface area contributed by atoms with Crippen LogP contribution in [0.3, 0.4) is 0 Å². The first kappa shape index (κ1) is 9.92. The molecule has 2 nitrogen and oxygen atoms in total. The van der Waals surface area contributed by atoms with Gasteiger partial charge in [0.1, 0.15) is 0 Å². The van der Waals surface area contributed by atoms with Crippen LogP contribution in [0.5, 0.6) is 0 Å². The van der Waals surface area contributed by atoms with Gasteiger partial charge in [0.15, 0.2) is 0 Å². The van der Waals surface area contributed by atoms with E-state index in [9.17, 15) is 0 Å². The van der Waals surface area contributed by atoms with Gasteiger partial charge >= 0.3 is 0 Å². The van der Waals surface area contributed by atoms with E-state index in [0.29, 0.717) is 6.04 Å². The topological polar surface area (TPSA) is 21.3 Å². The summed E-state index contributed by atoms with van der Waals surface area (Å²) < 4.78 is 5.06. The maximum Gasteiger partial charge on any atom is 0.0620 e. The Hall–Kier alpha value is -0.0800. The number of hydrogen-bond donors (Lipinski definition) is 1. The van der Waals surface area contributed by atoms with Crippen molar-refractivity contribution in [2.75, 3.05) is 20.8 Å². The van der Waals surface area contributed by atoms with E-state index in [-0.39, 0.29) is 5.41 Å². The number of methoxy groups -OCH3 is 1. The molecule has 0 aromatic rings.